The van der Waals surface area contributed by atoms with E-state index >= 15 is 0 Å². The summed E-state index contributed by atoms with van der Waals surface area (Å²) in [7, 11) is -3.79. The van der Waals surface area contributed by atoms with Crippen molar-refractivity contribution in [3.05, 3.63) is 28.2 Å². The molecule has 9 heteroatoms. The first kappa shape index (κ1) is 21.4. The molecule has 1 fully saturated rings. The topological polar surface area (TPSA) is 69.7 Å². The summed E-state index contributed by atoms with van der Waals surface area (Å²) in [6.45, 7) is 7.80. The lowest BCUT2D eigenvalue weighted by Crippen LogP contribution is -2.46. The maximum absolute atomic E-state index is 13.0. The third kappa shape index (κ3) is 5.57. The fourth-order valence-corrected chi connectivity index (χ4v) is 5.43. The molecule has 6 nitrogen and oxygen atoms in total. The highest BCUT2D eigenvalue weighted by atomic mass is 35.5. The molecule has 0 bridgehead atoms. The Bertz CT molecular complexity index is 743. The maximum atomic E-state index is 13.0. The molecule has 1 aliphatic rings. The number of carbonyl (C=O) groups is 1. The summed E-state index contributed by atoms with van der Waals surface area (Å²) in [5.74, 6) is -0.0667. The summed E-state index contributed by atoms with van der Waals surface area (Å²) in [5.41, 5.74) is -0.293. The van der Waals surface area contributed by atoms with Gasteiger partial charge in [-0.25, -0.2) is 8.42 Å². The van der Waals surface area contributed by atoms with Crippen molar-refractivity contribution in [1.29, 1.82) is 0 Å². The fourth-order valence-electron chi connectivity index (χ4n) is 2.86. The molecule has 0 aromatic heterocycles. The minimum atomic E-state index is -3.79. The van der Waals surface area contributed by atoms with Gasteiger partial charge in [-0.05, 0) is 45.9 Å². The SMILES string of the molecule is CC(C)(C)NC(=O)CN1CCCN(S(=O)(=O)c2c(Cl)cccc2Cl)CC1. The minimum absolute atomic E-state index is 0.0535. The van der Waals surface area contributed by atoms with Gasteiger partial charge in [0.15, 0.2) is 0 Å². The van der Waals surface area contributed by atoms with Crippen molar-refractivity contribution in [2.75, 3.05) is 32.7 Å². The Hall–Kier alpha value is -0.860. The standard InChI is InChI=1S/C17H25Cl2N3O3S/c1-17(2,3)20-15(23)12-21-8-5-9-22(11-10-21)26(24,25)16-13(18)6-4-7-14(16)19/h4,6-7H,5,8-12H2,1-3H3,(H,20,23). The first-order chi connectivity index (χ1) is 12.0. The Morgan fingerprint density at radius 2 is 1.73 bits per heavy atom. The van der Waals surface area contributed by atoms with Crippen LogP contribution in [0.25, 0.3) is 0 Å². The van der Waals surface area contributed by atoms with Crippen molar-refractivity contribution in [2.45, 2.75) is 37.6 Å². The van der Waals surface area contributed by atoms with Gasteiger partial charge < -0.3 is 5.32 Å². The highest BCUT2D eigenvalue weighted by Crippen LogP contribution is 2.31. The average Bonchev–Trinajstić information content (AvgIpc) is 2.70. The summed E-state index contributed by atoms with van der Waals surface area (Å²) in [6.07, 6.45) is 0.629. The first-order valence-electron chi connectivity index (χ1n) is 8.48. The number of carbonyl (C=O) groups excluding carboxylic acids is 1. The van der Waals surface area contributed by atoms with Gasteiger partial charge in [-0.15, -0.1) is 0 Å². The predicted molar refractivity (Wildman–Crippen MR) is 104 cm³/mol. The third-order valence-electron chi connectivity index (χ3n) is 3.95. The molecule has 1 N–H and O–H groups in total. The van der Waals surface area contributed by atoms with Gasteiger partial charge in [-0.3, -0.25) is 9.69 Å². The van der Waals surface area contributed by atoms with E-state index in [4.69, 9.17) is 23.2 Å². The maximum Gasteiger partial charge on any atom is 0.246 e. The van der Waals surface area contributed by atoms with E-state index < -0.39 is 10.0 Å². The van der Waals surface area contributed by atoms with Gasteiger partial charge in [-0.2, -0.15) is 4.31 Å². The molecule has 0 radical (unpaired) electrons. The molecule has 26 heavy (non-hydrogen) atoms. The van der Waals surface area contributed by atoms with E-state index in [9.17, 15) is 13.2 Å². The molecule has 0 aliphatic carbocycles. The van der Waals surface area contributed by atoms with E-state index in [1.54, 1.807) is 6.07 Å². The zero-order chi connectivity index (χ0) is 19.5. The van der Waals surface area contributed by atoms with Gasteiger partial charge in [0.2, 0.25) is 15.9 Å². The van der Waals surface area contributed by atoms with Crippen LogP contribution in [-0.2, 0) is 14.8 Å². The Labute approximate surface area is 165 Å². The molecule has 1 aromatic rings. The van der Waals surface area contributed by atoms with Crippen LogP contribution in [0.2, 0.25) is 10.0 Å². The summed E-state index contributed by atoms with van der Waals surface area (Å²) < 4.78 is 27.3. The normalized spacial score (nSPS) is 17.7. The van der Waals surface area contributed by atoms with E-state index in [1.807, 2.05) is 25.7 Å². The van der Waals surface area contributed by atoms with E-state index in [1.165, 1.54) is 16.4 Å². The second kappa shape index (κ2) is 8.44. The monoisotopic (exact) mass is 421 g/mol. The third-order valence-corrected chi connectivity index (χ3v) is 6.80. The van der Waals surface area contributed by atoms with Crippen LogP contribution in [0, 0.1) is 0 Å². The first-order valence-corrected chi connectivity index (χ1v) is 10.7. The summed E-state index contributed by atoms with van der Waals surface area (Å²) in [6, 6.07) is 4.64. The average molecular weight is 422 g/mol. The van der Waals surface area contributed by atoms with E-state index in [-0.39, 0.29) is 39.5 Å². The van der Waals surface area contributed by atoms with Gasteiger partial charge in [0, 0.05) is 25.2 Å². The molecule has 1 aromatic carbocycles. The number of halogens is 2. The van der Waals surface area contributed by atoms with Gasteiger partial charge in [-0.1, -0.05) is 29.3 Å². The molecule has 1 saturated heterocycles. The van der Waals surface area contributed by atoms with Crippen LogP contribution in [0.15, 0.2) is 23.1 Å². The van der Waals surface area contributed by atoms with Crippen LogP contribution in [0.1, 0.15) is 27.2 Å². The fraction of sp³-hybridized carbons (Fsp3) is 0.588. The van der Waals surface area contributed by atoms with Crippen molar-refractivity contribution in [3.8, 4) is 0 Å². The van der Waals surface area contributed by atoms with Crippen LogP contribution in [-0.4, -0.2) is 61.8 Å². The number of amides is 1. The number of nitrogens with zero attached hydrogens (tertiary/aromatic N) is 2. The Morgan fingerprint density at radius 3 is 2.31 bits per heavy atom. The van der Waals surface area contributed by atoms with Crippen LogP contribution < -0.4 is 5.32 Å². The lowest BCUT2D eigenvalue weighted by molar-refractivity contribution is -0.123. The quantitative estimate of drug-likeness (QED) is 0.810. The van der Waals surface area contributed by atoms with E-state index in [0.717, 1.165) is 0 Å². The summed E-state index contributed by atoms with van der Waals surface area (Å²) >= 11 is 12.2. The van der Waals surface area contributed by atoms with E-state index in [2.05, 4.69) is 5.32 Å². The Morgan fingerprint density at radius 1 is 1.12 bits per heavy atom. The number of benzene rings is 1. The molecule has 1 aliphatic heterocycles. The second-order valence-electron chi connectivity index (χ2n) is 7.38. The predicted octanol–water partition coefficient (Wildman–Crippen LogP) is 2.60. The smallest absolute Gasteiger partial charge is 0.246 e. The molecule has 0 saturated carbocycles. The van der Waals surface area contributed by atoms with Crippen LogP contribution in [0.5, 0.6) is 0 Å². The highest BCUT2D eigenvalue weighted by Gasteiger charge is 2.31. The zero-order valence-electron chi connectivity index (χ0n) is 15.3. The molecule has 0 atom stereocenters. The highest BCUT2D eigenvalue weighted by molar-refractivity contribution is 7.89. The molecule has 0 unspecified atom stereocenters. The molecule has 146 valence electrons. The summed E-state index contributed by atoms with van der Waals surface area (Å²) in [4.78, 5) is 14.0. The van der Waals surface area contributed by atoms with Crippen LogP contribution >= 0.6 is 23.2 Å². The van der Waals surface area contributed by atoms with Crippen molar-refractivity contribution in [1.82, 2.24) is 14.5 Å². The lowest BCUT2D eigenvalue weighted by atomic mass is 10.1. The van der Waals surface area contributed by atoms with Gasteiger partial charge in [0.1, 0.15) is 4.90 Å². The number of nitrogens with one attached hydrogen (secondary N) is 1. The zero-order valence-corrected chi connectivity index (χ0v) is 17.6. The minimum Gasteiger partial charge on any atom is -0.350 e. The lowest BCUT2D eigenvalue weighted by Gasteiger charge is -2.25. The van der Waals surface area contributed by atoms with Crippen molar-refractivity contribution < 1.29 is 13.2 Å². The number of sulfonamides is 1. The van der Waals surface area contributed by atoms with Crippen LogP contribution in [0.4, 0.5) is 0 Å². The van der Waals surface area contributed by atoms with Crippen molar-refractivity contribution >= 4 is 39.1 Å². The number of hydrogen-bond donors (Lipinski definition) is 1. The number of hydrogen-bond acceptors (Lipinski definition) is 4. The second-order valence-corrected chi connectivity index (χ2v) is 10.1. The molecular weight excluding hydrogens is 397 g/mol. The summed E-state index contributed by atoms with van der Waals surface area (Å²) in [5, 5.41) is 3.15. The molecule has 2 rings (SSSR count). The van der Waals surface area contributed by atoms with Gasteiger partial charge >= 0.3 is 0 Å². The van der Waals surface area contributed by atoms with Gasteiger partial charge in [0.05, 0.1) is 16.6 Å². The Balaban J connectivity index is 2.07. The largest absolute Gasteiger partial charge is 0.350 e. The molecule has 0 spiro atoms. The van der Waals surface area contributed by atoms with E-state index in [0.29, 0.717) is 26.1 Å². The van der Waals surface area contributed by atoms with Crippen molar-refractivity contribution in [3.63, 3.8) is 0 Å². The van der Waals surface area contributed by atoms with Gasteiger partial charge in [0.25, 0.3) is 0 Å². The van der Waals surface area contributed by atoms with Crippen molar-refractivity contribution in [2.24, 2.45) is 0 Å². The molecule has 1 heterocycles. The number of rotatable bonds is 4. The molecule has 1 amide bonds. The molecular formula is C17H25Cl2N3O3S. The van der Waals surface area contributed by atoms with Crippen LogP contribution in [0.3, 0.4) is 0 Å². The Kier molecular flexibility index (Phi) is 6.96.